The van der Waals surface area contributed by atoms with Gasteiger partial charge in [-0.15, -0.1) is 0 Å². The first-order valence-corrected chi connectivity index (χ1v) is 7.55. The zero-order valence-corrected chi connectivity index (χ0v) is 13.2. The molecule has 0 aliphatic rings. The van der Waals surface area contributed by atoms with Gasteiger partial charge in [-0.05, 0) is 42.0 Å². The third-order valence-electron chi connectivity index (χ3n) is 3.70. The lowest BCUT2D eigenvalue weighted by Crippen LogP contribution is -2.30. The molecule has 1 atom stereocenters. The predicted octanol–water partition coefficient (Wildman–Crippen LogP) is 4.66. The first kappa shape index (κ1) is 16.8. The first-order chi connectivity index (χ1) is 12.0. The Morgan fingerprint density at radius 3 is 2.44 bits per heavy atom. The molecule has 3 nitrogen and oxygen atoms in total. The molecule has 0 saturated heterocycles. The lowest BCUT2D eigenvalue weighted by Gasteiger charge is -2.15. The quantitative estimate of drug-likeness (QED) is 0.698. The van der Waals surface area contributed by atoms with Gasteiger partial charge in [-0.3, -0.25) is 4.79 Å². The number of carbonyl (C=O) groups excluding carboxylic acids is 1. The molecule has 0 aliphatic heterocycles. The lowest BCUT2D eigenvalue weighted by atomic mass is 10.1. The van der Waals surface area contributed by atoms with Gasteiger partial charge in [0.25, 0.3) is 5.91 Å². The molecule has 0 aliphatic carbocycles. The zero-order valence-electron chi connectivity index (χ0n) is 13.2. The van der Waals surface area contributed by atoms with Crippen LogP contribution in [0.15, 0.2) is 54.6 Å². The summed E-state index contributed by atoms with van der Waals surface area (Å²) in [6.07, 6.45) is -0.964. The van der Waals surface area contributed by atoms with Gasteiger partial charge in [-0.1, -0.05) is 30.3 Å². The number of nitrogens with one attached hydrogen (secondary N) is 1. The maximum atomic E-state index is 13.6. The van der Waals surface area contributed by atoms with Gasteiger partial charge in [0.05, 0.1) is 5.69 Å². The van der Waals surface area contributed by atoms with E-state index in [4.69, 9.17) is 4.74 Å². The molecule has 1 unspecified atom stereocenters. The number of halogens is 3. The minimum Gasteiger partial charge on any atom is -0.481 e. The van der Waals surface area contributed by atoms with Gasteiger partial charge in [-0.25, -0.2) is 13.2 Å². The number of rotatable bonds is 4. The van der Waals surface area contributed by atoms with Crippen LogP contribution in [-0.4, -0.2) is 12.0 Å². The van der Waals surface area contributed by atoms with Crippen LogP contribution in [0.1, 0.15) is 6.92 Å². The highest BCUT2D eigenvalue weighted by atomic mass is 19.2. The molecule has 0 fully saturated rings. The van der Waals surface area contributed by atoms with E-state index in [1.807, 2.05) is 30.3 Å². The van der Waals surface area contributed by atoms with Gasteiger partial charge >= 0.3 is 0 Å². The van der Waals surface area contributed by atoms with E-state index in [9.17, 15) is 18.0 Å². The Bertz CT molecular complexity index is 943. The Kier molecular flexibility index (Phi) is 4.61. The van der Waals surface area contributed by atoms with Crippen molar-refractivity contribution in [2.75, 3.05) is 5.32 Å². The topological polar surface area (TPSA) is 38.3 Å². The second-order valence-corrected chi connectivity index (χ2v) is 5.48. The molecule has 0 bridgehead atoms. The lowest BCUT2D eigenvalue weighted by molar-refractivity contribution is -0.122. The van der Waals surface area contributed by atoms with E-state index in [-0.39, 0.29) is 0 Å². The largest absolute Gasteiger partial charge is 0.481 e. The second kappa shape index (κ2) is 6.84. The number of anilines is 1. The molecule has 3 rings (SSSR count). The second-order valence-electron chi connectivity index (χ2n) is 5.48. The van der Waals surface area contributed by atoms with E-state index in [2.05, 4.69) is 5.32 Å². The van der Waals surface area contributed by atoms with Gasteiger partial charge in [0, 0.05) is 0 Å². The number of amides is 1. The van der Waals surface area contributed by atoms with Crippen LogP contribution < -0.4 is 10.1 Å². The van der Waals surface area contributed by atoms with Crippen molar-refractivity contribution in [3.63, 3.8) is 0 Å². The van der Waals surface area contributed by atoms with Crippen LogP contribution in [0.3, 0.4) is 0 Å². The maximum Gasteiger partial charge on any atom is 0.265 e. The molecule has 0 saturated carbocycles. The van der Waals surface area contributed by atoms with E-state index in [1.54, 1.807) is 12.1 Å². The summed E-state index contributed by atoms with van der Waals surface area (Å²) in [6, 6.07) is 14.7. The highest BCUT2D eigenvalue weighted by molar-refractivity contribution is 5.94. The van der Waals surface area contributed by atoms with Crippen molar-refractivity contribution in [2.24, 2.45) is 0 Å². The summed E-state index contributed by atoms with van der Waals surface area (Å²) in [4.78, 5) is 12.1. The number of benzene rings is 3. The van der Waals surface area contributed by atoms with E-state index < -0.39 is 35.2 Å². The van der Waals surface area contributed by atoms with Crippen molar-refractivity contribution in [2.45, 2.75) is 13.0 Å². The van der Waals surface area contributed by atoms with Crippen LogP contribution in [0.4, 0.5) is 18.9 Å². The van der Waals surface area contributed by atoms with Crippen LogP contribution in [0.2, 0.25) is 0 Å². The predicted molar refractivity (Wildman–Crippen MR) is 89.0 cm³/mol. The minimum atomic E-state index is -1.64. The van der Waals surface area contributed by atoms with Crippen LogP contribution in [0.5, 0.6) is 5.75 Å². The van der Waals surface area contributed by atoms with Gasteiger partial charge < -0.3 is 10.1 Å². The van der Waals surface area contributed by atoms with E-state index >= 15 is 0 Å². The summed E-state index contributed by atoms with van der Waals surface area (Å²) >= 11 is 0. The van der Waals surface area contributed by atoms with Crippen molar-refractivity contribution in [3.8, 4) is 5.75 Å². The highest BCUT2D eigenvalue weighted by Crippen LogP contribution is 2.23. The van der Waals surface area contributed by atoms with Crippen molar-refractivity contribution in [3.05, 3.63) is 72.0 Å². The average molecular weight is 345 g/mol. The van der Waals surface area contributed by atoms with Crippen LogP contribution in [-0.2, 0) is 4.79 Å². The number of hydrogen-bond acceptors (Lipinski definition) is 2. The molecular weight excluding hydrogens is 331 g/mol. The smallest absolute Gasteiger partial charge is 0.265 e. The third kappa shape index (κ3) is 3.57. The summed E-state index contributed by atoms with van der Waals surface area (Å²) in [5, 5.41) is 4.16. The molecule has 0 aromatic heterocycles. The van der Waals surface area contributed by atoms with Gasteiger partial charge in [0.1, 0.15) is 5.75 Å². The molecule has 3 aromatic rings. The molecule has 3 aromatic carbocycles. The minimum absolute atomic E-state index is 0.446. The Balaban J connectivity index is 1.73. The molecule has 128 valence electrons. The fourth-order valence-electron chi connectivity index (χ4n) is 2.36. The molecule has 1 N–H and O–H groups in total. The Morgan fingerprint density at radius 2 is 1.68 bits per heavy atom. The van der Waals surface area contributed by atoms with E-state index in [1.165, 1.54) is 6.92 Å². The molecule has 1 amide bonds. The van der Waals surface area contributed by atoms with Crippen molar-refractivity contribution >= 4 is 22.4 Å². The normalized spacial score (nSPS) is 12.0. The third-order valence-corrected chi connectivity index (χ3v) is 3.70. The SMILES string of the molecule is CC(Oc1ccc2ccccc2c1)C(=O)Nc1ccc(F)c(F)c1F. The summed E-state index contributed by atoms with van der Waals surface area (Å²) < 4.78 is 45.3. The molecule has 25 heavy (non-hydrogen) atoms. The van der Waals surface area contributed by atoms with Gasteiger partial charge in [0.2, 0.25) is 0 Å². The van der Waals surface area contributed by atoms with Crippen LogP contribution >= 0.6 is 0 Å². The summed E-state index contributed by atoms with van der Waals surface area (Å²) in [7, 11) is 0. The summed E-state index contributed by atoms with van der Waals surface area (Å²) in [5.41, 5.74) is -0.446. The standard InChI is InChI=1S/C19H14F3NO2/c1-11(19(24)23-16-9-8-15(20)17(21)18(16)22)25-14-7-6-12-4-2-3-5-13(12)10-14/h2-11H,1H3,(H,23,24). The molecule has 0 heterocycles. The maximum absolute atomic E-state index is 13.6. The fraction of sp³-hybridized carbons (Fsp3) is 0.105. The first-order valence-electron chi connectivity index (χ1n) is 7.55. The van der Waals surface area contributed by atoms with E-state index in [0.29, 0.717) is 5.75 Å². The van der Waals surface area contributed by atoms with Crippen LogP contribution in [0.25, 0.3) is 10.8 Å². The molecule has 0 radical (unpaired) electrons. The van der Waals surface area contributed by atoms with E-state index in [0.717, 1.165) is 22.9 Å². The fourth-order valence-corrected chi connectivity index (χ4v) is 2.36. The Hall–Kier alpha value is -3.02. The molecule has 6 heteroatoms. The average Bonchev–Trinajstić information content (AvgIpc) is 2.62. The summed E-state index contributed by atoms with van der Waals surface area (Å²) in [6.45, 7) is 1.47. The van der Waals surface area contributed by atoms with Crippen molar-refractivity contribution in [1.82, 2.24) is 0 Å². The molecular formula is C19H14F3NO2. The number of carbonyl (C=O) groups is 1. The monoisotopic (exact) mass is 345 g/mol. The van der Waals surface area contributed by atoms with Gasteiger partial charge in [0.15, 0.2) is 23.6 Å². The zero-order chi connectivity index (χ0) is 18.0. The van der Waals surface area contributed by atoms with Crippen molar-refractivity contribution in [1.29, 1.82) is 0 Å². The molecule has 0 spiro atoms. The van der Waals surface area contributed by atoms with Gasteiger partial charge in [-0.2, -0.15) is 0 Å². The van der Waals surface area contributed by atoms with Crippen molar-refractivity contribution < 1.29 is 22.7 Å². The Morgan fingerprint density at radius 1 is 0.960 bits per heavy atom. The number of fused-ring (bicyclic) bond motifs is 1. The highest BCUT2D eigenvalue weighted by Gasteiger charge is 2.19. The summed E-state index contributed by atoms with van der Waals surface area (Å²) in [5.74, 6) is -4.63. The van der Waals surface area contributed by atoms with Crippen LogP contribution in [0, 0.1) is 17.5 Å². The Labute approximate surface area is 142 Å². The number of hydrogen-bond donors (Lipinski definition) is 1. The number of ether oxygens (including phenoxy) is 1.